The average molecular weight is 439 g/mol. The molecule has 0 bridgehead atoms. The van der Waals surface area contributed by atoms with Crippen LogP contribution in [0.1, 0.15) is 12.8 Å². The van der Waals surface area contributed by atoms with Gasteiger partial charge in [0.2, 0.25) is 11.9 Å². The van der Waals surface area contributed by atoms with E-state index < -0.39 is 0 Å². The zero-order chi connectivity index (χ0) is 22.2. The van der Waals surface area contributed by atoms with Crippen molar-refractivity contribution >= 4 is 28.7 Å². The summed E-state index contributed by atoms with van der Waals surface area (Å²) in [6.45, 7) is 4.97. The zero-order valence-electron chi connectivity index (χ0n) is 18.1. The van der Waals surface area contributed by atoms with Gasteiger partial charge in [0.05, 0.1) is 17.3 Å². The van der Waals surface area contributed by atoms with E-state index in [9.17, 15) is 9.18 Å². The first-order chi connectivity index (χ1) is 15.5. The summed E-state index contributed by atoms with van der Waals surface area (Å²) in [4.78, 5) is 28.1. The lowest BCUT2D eigenvalue weighted by molar-refractivity contribution is -0.122. The van der Waals surface area contributed by atoms with Crippen molar-refractivity contribution in [2.24, 2.45) is 11.7 Å². The van der Waals surface area contributed by atoms with Gasteiger partial charge in [0.1, 0.15) is 11.6 Å². The minimum atomic E-state index is -0.295. The molecule has 9 nitrogen and oxygen atoms in total. The maximum atomic E-state index is 13.5. The average Bonchev–Trinajstić information content (AvgIpc) is 3.23. The number of fused-ring (bicyclic) bond motifs is 1. The summed E-state index contributed by atoms with van der Waals surface area (Å²) in [5, 5.41) is 5.39. The number of carbonyl (C=O) groups excluding carboxylic acids is 1. The van der Waals surface area contributed by atoms with Crippen LogP contribution in [-0.2, 0) is 4.79 Å². The quantitative estimate of drug-likeness (QED) is 0.658. The summed E-state index contributed by atoms with van der Waals surface area (Å²) >= 11 is 0. The van der Waals surface area contributed by atoms with Crippen molar-refractivity contribution in [3.8, 4) is 5.69 Å². The van der Waals surface area contributed by atoms with Crippen LogP contribution in [0.5, 0.6) is 0 Å². The zero-order valence-corrected chi connectivity index (χ0v) is 18.1. The second-order valence-corrected chi connectivity index (χ2v) is 8.57. The first-order valence-corrected chi connectivity index (χ1v) is 11.0. The predicted molar refractivity (Wildman–Crippen MR) is 120 cm³/mol. The number of hydrogen-bond acceptors (Lipinski definition) is 7. The van der Waals surface area contributed by atoms with Crippen LogP contribution >= 0.6 is 0 Å². The summed E-state index contributed by atoms with van der Waals surface area (Å²) < 4.78 is 15.2. The number of amides is 1. The van der Waals surface area contributed by atoms with E-state index in [2.05, 4.69) is 26.8 Å². The molecule has 1 aromatic carbocycles. The van der Waals surface area contributed by atoms with Gasteiger partial charge in [0, 0.05) is 45.2 Å². The molecule has 0 atom stereocenters. The summed E-state index contributed by atoms with van der Waals surface area (Å²) in [5.74, 6) is 0.861. The highest BCUT2D eigenvalue weighted by atomic mass is 19.1. The lowest BCUT2D eigenvalue weighted by Gasteiger charge is -2.34. The molecule has 2 aliphatic heterocycles. The fourth-order valence-corrected chi connectivity index (χ4v) is 4.42. The van der Waals surface area contributed by atoms with Crippen molar-refractivity contribution in [2.75, 3.05) is 56.1 Å². The third-order valence-corrected chi connectivity index (χ3v) is 6.45. The van der Waals surface area contributed by atoms with Crippen molar-refractivity contribution in [3.63, 3.8) is 0 Å². The van der Waals surface area contributed by atoms with E-state index in [1.165, 1.54) is 12.1 Å². The number of halogens is 1. The Hall–Kier alpha value is -3.27. The van der Waals surface area contributed by atoms with Crippen LogP contribution in [0.3, 0.4) is 0 Å². The highest BCUT2D eigenvalue weighted by Gasteiger charge is 2.28. The molecule has 0 spiro atoms. The molecule has 5 rings (SSSR count). The van der Waals surface area contributed by atoms with E-state index in [1.54, 1.807) is 23.0 Å². The van der Waals surface area contributed by atoms with Gasteiger partial charge in [-0.15, -0.1) is 0 Å². The van der Waals surface area contributed by atoms with E-state index >= 15 is 0 Å². The molecule has 2 aliphatic rings. The number of hydrogen-bond donors (Lipinski definition) is 1. The highest BCUT2D eigenvalue weighted by molar-refractivity contribution is 5.89. The van der Waals surface area contributed by atoms with Crippen molar-refractivity contribution in [1.82, 2.24) is 24.6 Å². The fraction of sp³-hybridized carbons (Fsp3) is 0.455. The van der Waals surface area contributed by atoms with Gasteiger partial charge < -0.3 is 20.4 Å². The molecule has 0 aliphatic carbocycles. The van der Waals surface area contributed by atoms with Crippen molar-refractivity contribution in [2.45, 2.75) is 12.8 Å². The Labute approximate surface area is 185 Å². The number of piperazine rings is 1. The van der Waals surface area contributed by atoms with Crippen LogP contribution in [0, 0.1) is 11.7 Å². The Morgan fingerprint density at radius 3 is 2.34 bits per heavy atom. The summed E-state index contributed by atoms with van der Waals surface area (Å²) in [6, 6.07) is 6.22. The molecule has 168 valence electrons. The van der Waals surface area contributed by atoms with Gasteiger partial charge in [-0.3, -0.25) is 4.79 Å². The number of primary amides is 1. The molecule has 2 N–H and O–H groups in total. The van der Waals surface area contributed by atoms with E-state index in [1.807, 2.05) is 0 Å². The lowest BCUT2D eigenvalue weighted by Crippen LogP contribution is -2.45. The van der Waals surface area contributed by atoms with Crippen molar-refractivity contribution in [3.05, 3.63) is 36.3 Å². The smallest absolute Gasteiger partial charge is 0.229 e. The molecule has 10 heteroatoms. The van der Waals surface area contributed by atoms with E-state index in [4.69, 9.17) is 15.7 Å². The van der Waals surface area contributed by atoms with Gasteiger partial charge in [-0.1, -0.05) is 0 Å². The molecule has 32 heavy (non-hydrogen) atoms. The van der Waals surface area contributed by atoms with E-state index in [0.29, 0.717) is 37.5 Å². The van der Waals surface area contributed by atoms with Gasteiger partial charge in [-0.05, 0) is 44.2 Å². The molecule has 2 saturated heterocycles. The first kappa shape index (κ1) is 20.6. The number of aromatic nitrogens is 4. The second-order valence-electron chi connectivity index (χ2n) is 8.57. The molecule has 1 amide bonds. The van der Waals surface area contributed by atoms with Crippen LogP contribution in [0.15, 0.2) is 30.5 Å². The molecular formula is C22H27FN8O. The fourth-order valence-electron chi connectivity index (χ4n) is 4.42. The topological polar surface area (TPSA) is 96.4 Å². The molecule has 2 aromatic heterocycles. The van der Waals surface area contributed by atoms with E-state index in [0.717, 1.165) is 43.1 Å². The number of nitrogens with two attached hydrogens (primary N) is 1. The third kappa shape index (κ3) is 3.86. The van der Waals surface area contributed by atoms with Gasteiger partial charge in [0.15, 0.2) is 5.65 Å². The van der Waals surface area contributed by atoms with Gasteiger partial charge in [-0.25, -0.2) is 9.07 Å². The van der Waals surface area contributed by atoms with Gasteiger partial charge >= 0.3 is 0 Å². The van der Waals surface area contributed by atoms with Gasteiger partial charge in [0.25, 0.3) is 0 Å². The molecule has 3 aromatic rings. The summed E-state index contributed by atoms with van der Waals surface area (Å²) in [7, 11) is 2.11. The Morgan fingerprint density at radius 1 is 1.00 bits per heavy atom. The standard InChI is InChI=1S/C22H27FN8O/c1-28-10-12-30(13-11-28)22-26-20(29-8-6-15(7-9-29)19(24)32)18-14-25-31(21(18)27-22)17-4-2-16(23)3-5-17/h2-5,14-15H,6-13H2,1H3,(H2,24,32). The SMILES string of the molecule is CN1CCN(c2nc(N3CCC(C(N)=O)CC3)c3cnn(-c4ccc(F)cc4)c3n2)CC1. The molecule has 0 saturated carbocycles. The Kier molecular flexibility index (Phi) is 5.38. The lowest BCUT2D eigenvalue weighted by atomic mass is 9.96. The summed E-state index contributed by atoms with van der Waals surface area (Å²) in [6.07, 6.45) is 3.18. The largest absolute Gasteiger partial charge is 0.369 e. The Bertz CT molecular complexity index is 1110. The second kappa shape index (κ2) is 8.34. The van der Waals surface area contributed by atoms with Gasteiger partial charge in [-0.2, -0.15) is 15.1 Å². The number of benzene rings is 1. The maximum absolute atomic E-state index is 13.5. The van der Waals surface area contributed by atoms with Crippen molar-refractivity contribution in [1.29, 1.82) is 0 Å². The van der Waals surface area contributed by atoms with E-state index in [-0.39, 0.29) is 17.6 Å². The molecular weight excluding hydrogens is 411 g/mol. The molecule has 0 radical (unpaired) electrons. The van der Waals surface area contributed by atoms with Crippen molar-refractivity contribution < 1.29 is 9.18 Å². The molecule has 2 fully saturated rings. The maximum Gasteiger partial charge on any atom is 0.229 e. The summed E-state index contributed by atoms with van der Waals surface area (Å²) in [5.41, 5.74) is 6.95. The Balaban J connectivity index is 1.57. The predicted octanol–water partition coefficient (Wildman–Crippen LogP) is 1.41. The Morgan fingerprint density at radius 2 is 1.69 bits per heavy atom. The number of anilines is 2. The number of rotatable bonds is 4. The number of nitrogens with zero attached hydrogens (tertiary/aromatic N) is 7. The van der Waals surface area contributed by atoms with Crippen LogP contribution in [0.2, 0.25) is 0 Å². The normalized spacial score (nSPS) is 18.4. The minimum absolute atomic E-state index is 0.0948. The number of likely N-dealkylation sites (N-methyl/N-ethyl adjacent to an activating group) is 1. The first-order valence-electron chi connectivity index (χ1n) is 11.0. The third-order valence-electron chi connectivity index (χ3n) is 6.45. The molecule has 4 heterocycles. The minimum Gasteiger partial charge on any atom is -0.369 e. The van der Waals surface area contributed by atoms with Crippen LogP contribution in [0.4, 0.5) is 16.2 Å². The van der Waals surface area contributed by atoms with Crippen LogP contribution in [-0.4, -0.2) is 76.9 Å². The highest BCUT2D eigenvalue weighted by Crippen LogP contribution is 2.31. The number of piperidine rings is 1. The molecule has 0 unspecified atom stereocenters. The van der Waals surface area contributed by atoms with Crippen LogP contribution < -0.4 is 15.5 Å². The van der Waals surface area contributed by atoms with Crippen LogP contribution in [0.25, 0.3) is 16.7 Å². The number of carbonyl (C=O) groups is 1. The monoisotopic (exact) mass is 438 g/mol.